The number of rotatable bonds is 2. The van der Waals surface area contributed by atoms with Crippen molar-refractivity contribution in [1.29, 1.82) is 0 Å². The second-order valence-electron chi connectivity index (χ2n) is 3.31. The molecule has 0 unspecified atom stereocenters. The SMILES string of the molecule is CB(O)N[C@]1(C)CCNC1. The quantitative estimate of drug-likeness (QED) is 0.453. The standard InChI is InChI=1S/C6H15BN2O/c1-6(9-7(2)10)3-4-8-5-6/h8-10H,3-5H2,1-2H3/t6-/m1/s1. The number of hydrogen-bond acceptors (Lipinski definition) is 3. The Bertz CT molecular complexity index is 112. The largest absolute Gasteiger partial charge is 0.437 e. The van der Waals surface area contributed by atoms with E-state index < -0.39 is 7.05 Å². The average Bonchev–Trinajstić information content (AvgIpc) is 2.12. The second kappa shape index (κ2) is 2.90. The Kier molecular flexibility index (Phi) is 2.34. The third-order valence-electron chi connectivity index (χ3n) is 1.93. The summed E-state index contributed by atoms with van der Waals surface area (Å²) in [5.74, 6) is 0. The summed E-state index contributed by atoms with van der Waals surface area (Å²) in [4.78, 5) is 0. The van der Waals surface area contributed by atoms with Crippen molar-refractivity contribution in [3.63, 3.8) is 0 Å². The van der Waals surface area contributed by atoms with E-state index in [1.165, 1.54) is 0 Å². The van der Waals surface area contributed by atoms with Crippen LogP contribution in [0.2, 0.25) is 6.82 Å². The van der Waals surface area contributed by atoms with Gasteiger partial charge in [-0.3, -0.25) is 0 Å². The molecule has 1 rings (SSSR count). The maximum Gasteiger partial charge on any atom is 0.374 e. The first-order valence-corrected chi connectivity index (χ1v) is 3.79. The van der Waals surface area contributed by atoms with E-state index in [9.17, 15) is 0 Å². The zero-order chi connectivity index (χ0) is 7.61. The Hall–Kier alpha value is -0.0551. The minimum atomic E-state index is -0.398. The Morgan fingerprint density at radius 2 is 2.40 bits per heavy atom. The van der Waals surface area contributed by atoms with Crippen molar-refractivity contribution in [2.24, 2.45) is 0 Å². The summed E-state index contributed by atoms with van der Waals surface area (Å²) in [7, 11) is -0.398. The van der Waals surface area contributed by atoms with Gasteiger partial charge in [0.1, 0.15) is 0 Å². The van der Waals surface area contributed by atoms with Gasteiger partial charge in [-0.15, -0.1) is 0 Å². The molecular weight excluding hydrogens is 127 g/mol. The van der Waals surface area contributed by atoms with Gasteiger partial charge in [0.25, 0.3) is 0 Å². The molecule has 0 spiro atoms. The predicted octanol–water partition coefficient (Wildman–Crippen LogP) is -0.562. The molecule has 0 aromatic heterocycles. The molecule has 58 valence electrons. The van der Waals surface area contributed by atoms with Crippen LogP contribution < -0.4 is 10.5 Å². The zero-order valence-corrected chi connectivity index (χ0v) is 6.65. The van der Waals surface area contributed by atoms with Crippen molar-refractivity contribution in [1.82, 2.24) is 10.5 Å². The van der Waals surface area contributed by atoms with Crippen LogP contribution in [0.25, 0.3) is 0 Å². The maximum atomic E-state index is 9.04. The van der Waals surface area contributed by atoms with Crippen LogP contribution in [0.3, 0.4) is 0 Å². The Morgan fingerprint density at radius 3 is 2.80 bits per heavy atom. The van der Waals surface area contributed by atoms with Gasteiger partial charge in [0.05, 0.1) is 0 Å². The lowest BCUT2D eigenvalue weighted by Gasteiger charge is -2.24. The Labute approximate surface area is 62.3 Å². The van der Waals surface area contributed by atoms with Crippen LogP contribution in [0.5, 0.6) is 0 Å². The fourth-order valence-corrected chi connectivity index (χ4v) is 1.44. The fourth-order valence-electron chi connectivity index (χ4n) is 1.44. The van der Waals surface area contributed by atoms with Crippen LogP contribution in [0.4, 0.5) is 0 Å². The van der Waals surface area contributed by atoms with Crippen molar-refractivity contribution in [3.05, 3.63) is 0 Å². The highest BCUT2D eigenvalue weighted by Crippen LogP contribution is 2.12. The monoisotopic (exact) mass is 142 g/mol. The molecule has 0 bridgehead atoms. The molecule has 0 aromatic carbocycles. The van der Waals surface area contributed by atoms with E-state index in [4.69, 9.17) is 5.02 Å². The van der Waals surface area contributed by atoms with Gasteiger partial charge in [-0.05, 0) is 26.7 Å². The van der Waals surface area contributed by atoms with Crippen LogP contribution in [-0.4, -0.2) is 30.7 Å². The highest BCUT2D eigenvalue weighted by atomic mass is 16.2. The zero-order valence-electron chi connectivity index (χ0n) is 6.65. The van der Waals surface area contributed by atoms with Crippen LogP contribution in [0.15, 0.2) is 0 Å². The van der Waals surface area contributed by atoms with E-state index in [-0.39, 0.29) is 5.54 Å². The first-order valence-electron chi connectivity index (χ1n) is 3.79. The Balaban J connectivity index is 2.36. The first-order chi connectivity index (χ1) is 4.62. The lowest BCUT2D eigenvalue weighted by atomic mass is 9.83. The van der Waals surface area contributed by atoms with E-state index >= 15 is 0 Å². The smallest absolute Gasteiger partial charge is 0.374 e. The topological polar surface area (TPSA) is 44.3 Å². The third-order valence-corrected chi connectivity index (χ3v) is 1.93. The minimum Gasteiger partial charge on any atom is -0.437 e. The van der Waals surface area contributed by atoms with Gasteiger partial charge >= 0.3 is 7.05 Å². The van der Waals surface area contributed by atoms with Gasteiger partial charge in [0.2, 0.25) is 0 Å². The van der Waals surface area contributed by atoms with Gasteiger partial charge in [-0.2, -0.15) is 0 Å². The molecule has 4 heteroatoms. The van der Waals surface area contributed by atoms with Crippen molar-refractivity contribution in [2.45, 2.75) is 25.7 Å². The molecule has 1 atom stereocenters. The summed E-state index contributed by atoms with van der Waals surface area (Å²) in [6, 6.07) is 0. The predicted molar refractivity (Wildman–Crippen MR) is 42.9 cm³/mol. The van der Waals surface area contributed by atoms with Crippen molar-refractivity contribution < 1.29 is 5.02 Å². The van der Waals surface area contributed by atoms with Gasteiger partial charge in [-0.1, -0.05) is 0 Å². The fraction of sp³-hybridized carbons (Fsp3) is 1.00. The number of nitrogens with one attached hydrogen (secondary N) is 2. The van der Waals surface area contributed by atoms with E-state index in [1.807, 2.05) is 0 Å². The molecule has 1 aliphatic heterocycles. The maximum absolute atomic E-state index is 9.04. The summed E-state index contributed by atoms with van der Waals surface area (Å²) < 4.78 is 0. The van der Waals surface area contributed by atoms with Gasteiger partial charge < -0.3 is 15.6 Å². The lowest BCUT2D eigenvalue weighted by molar-refractivity contribution is 0.426. The van der Waals surface area contributed by atoms with Crippen molar-refractivity contribution >= 4 is 7.05 Å². The lowest BCUT2D eigenvalue weighted by Crippen LogP contribution is -2.50. The minimum absolute atomic E-state index is 0.105. The second-order valence-corrected chi connectivity index (χ2v) is 3.31. The summed E-state index contributed by atoms with van der Waals surface area (Å²) in [5, 5.41) is 15.4. The van der Waals surface area contributed by atoms with Crippen LogP contribution in [-0.2, 0) is 0 Å². The summed E-state index contributed by atoms with van der Waals surface area (Å²) >= 11 is 0. The molecule has 0 radical (unpaired) electrons. The summed E-state index contributed by atoms with van der Waals surface area (Å²) in [6.45, 7) is 5.89. The highest BCUT2D eigenvalue weighted by molar-refractivity contribution is 6.45. The molecule has 1 saturated heterocycles. The normalized spacial score (nSPS) is 32.7. The van der Waals surface area contributed by atoms with Crippen molar-refractivity contribution in [3.8, 4) is 0 Å². The van der Waals surface area contributed by atoms with Crippen LogP contribution >= 0.6 is 0 Å². The molecule has 3 N–H and O–H groups in total. The van der Waals surface area contributed by atoms with Gasteiger partial charge in [0, 0.05) is 12.1 Å². The number of hydrogen-bond donors (Lipinski definition) is 3. The first kappa shape index (κ1) is 8.05. The molecule has 1 heterocycles. The van der Waals surface area contributed by atoms with Crippen LogP contribution in [0.1, 0.15) is 13.3 Å². The molecule has 10 heavy (non-hydrogen) atoms. The molecule has 3 nitrogen and oxygen atoms in total. The van der Waals surface area contributed by atoms with Crippen LogP contribution in [0, 0.1) is 0 Å². The van der Waals surface area contributed by atoms with Gasteiger partial charge in [-0.25, -0.2) is 0 Å². The molecule has 0 saturated carbocycles. The molecule has 1 aliphatic rings. The molecule has 0 aromatic rings. The highest BCUT2D eigenvalue weighted by Gasteiger charge is 2.29. The molecule has 0 amide bonds. The third kappa shape index (κ3) is 1.97. The molecule has 0 aliphatic carbocycles. The summed E-state index contributed by atoms with van der Waals surface area (Å²) in [5.41, 5.74) is 0.105. The average molecular weight is 142 g/mol. The summed E-state index contributed by atoms with van der Waals surface area (Å²) in [6.07, 6.45) is 1.10. The van der Waals surface area contributed by atoms with E-state index in [2.05, 4.69) is 17.5 Å². The van der Waals surface area contributed by atoms with Crippen molar-refractivity contribution in [2.75, 3.05) is 13.1 Å². The van der Waals surface area contributed by atoms with Gasteiger partial charge in [0.15, 0.2) is 0 Å². The Morgan fingerprint density at radius 1 is 1.70 bits per heavy atom. The van der Waals surface area contributed by atoms with E-state index in [1.54, 1.807) is 6.82 Å². The molecule has 1 fully saturated rings. The van der Waals surface area contributed by atoms with E-state index in [0.29, 0.717) is 0 Å². The van der Waals surface area contributed by atoms with E-state index in [0.717, 1.165) is 19.5 Å². The molecular formula is C6H15BN2O.